The van der Waals surface area contributed by atoms with Crippen LogP contribution in [0.3, 0.4) is 0 Å². The molecule has 7 nitrogen and oxygen atoms in total. The van der Waals surface area contributed by atoms with Crippen molar-refractivity contribution in [3.63, 3.8) is 0 Å². The molecule has 0 radical (unpaired) electrons. The summed E-state index contributed by atoms with van der Waals surface area (Å²) in [6.45, 7) is 2.04. The molecule has 1 unspecified atom stereocenters. The number of sulfonamides is 1. The van der Waals surface area contributed by atoms with Gasteiger partial charge in [0.15, 0.2) is 9.84 Å². The van der Waals surface area contributed by atoms with Crippen molar-refractivity contribution in [1.82, 2.24) is 9.62 Å². The van der Waals surface area contributed by atoms with Crippen molar-refractivity contribution in [2.24, 2.45) is 0 Å². The first-order valence-electron chi connectivity index (χ1n) is 6.09. The standard InChI is InChI=1S/C10H20N2O5S2/c1-3-5-11-10(13)7-12(18(2,14)15)9-4-6-19(16,17)8-9/h9H,3-8H2,1-2H3,(H,11,13). The monoisotopic (exact) mass is 312 g/mol. The molecule has 1 amide bonds. The predicted octanol–water partition coefficient (Wildman–Crippen LogP) is -1.04. The van der Waals surface area contributed by atoms with E-state index in [9.17, 15) is 21.6 Å². The topological polar surface area (TPSA) is 101 Å². The highest BCUT2D eigenvalue weighted by molar-refractivity contribution is 7.92. The number of rotatable bonds is 6. The molecule has 0 aromatic rings. The van der Waals surface area contributed by atoms with E-state index >= 15 is 0 Å². The van der Waals surface area contributed by atoms with Crippen LogP contribution in [-0.4, -0.2) is 63.9 Å². The van der Waals surface area contributed by atoms with Crippen LogP contribution < -0.4 is 5.32 Å². The van der Waals surface area contributed by atoms with Gasteiger partial charge in [0, 0.05) is 12.6 Å². The van der Waals surface area contributed by atoms with E-state index in [-0.39, 0.29) is 24.5 Å². The van der Waals surface area contributed by atoms with Gasteiger partial charge in [0.2, 0.25) is 15.9 Å². The van der Waals surface area contributed by atoms with Gasteiger partial charge in [0.1, 0.15) is 0 Å². The SMILES string of the molecule is CCCNC(=O)CN(C1CCS(=O)(=O)C1)S(C)(=O)=O. The van der Waals surface area contributed by atoms with E-state index in [4.69, 9.17) is 0 Å². The molecule has 0 aromatic heterocycles. The lowest BCUT2D eigenvalue weighted by molar-refractivity contribution is -0.121. The zero-order valence-electron chi connectivity index (χ0n) is 11.1. The minimum absolute atomic E-state index is 0.0275. The Bertz CT molecular complexity index is 526. The summed E-state index contributed by atoms with van der Waals surface area (Å²) in [6.07, 6.45) is 1.99. The van der Waals surface area contributed by atoms with Gasteiger partial charge in [-0.1, -0.05) is 6.92 Å². The van der Waals surface area contributed by atoms with Crippen LogP contribution in [0.15, 0.2) is 0 Å². The van der Waals surface area contributed by atoms with Crippen LogP contribution in [0.5, 0.6) is 0 Å². The smallest absolute Gasteiger partial charge is 0.235 e. The van der Waals surface area contributed by atoms with E-state index in [2.05, 4.69) is 5.32 Å². The second-order valence-corrected chi connectivity index (χ2v) is 8.88. The Hall–Kier alpha value is -0.670. The third-order valence-corrected chi connectivity index (χ3v) is 5.94. The fourth-order valence-electron chi connectivity index (χ4n) is 1.98. The van der Waals surface area contributed by atoms with Crippen LogP contribution in [0.4, 0.5) is 0 Å². The largest absolute Gasteiger partial charge is 0.355 e. The molecular weight excluding hydrogens is 292 g/mol. The molecule has 112 valence electrons. The molecule has 19 heavy (non-hydrogen) atoms. The quantitative estimate of drug-likeness (QED) is 0.675. The zero-order valence-corrected chi connectivity index (χ0v) is 12.8. The van der Waals surface area contributed by atoms with Crippen molar-refractivity contribution in [2.75, 3.05) is 30.9 Å². The first-order chi connectivity index (χ1) is 8.65. The number of carbonyl (C=O) groups excluding carboxylic acids is 1. The summed E-state index contributed by atoms with van der Waals surface area (Å²) in [7, 11) is -6.80. The number of sulfone groups is 1. The van der Waals surface area contributed by atoms with Gasteiger partial charge in [-0.15, -0.1) is 0 Å². The number of nitrogens with one attached hydrogen (secondary N) is 1. The van der Waals surface area contributed by atoms with Crippen LogP contribution >= 0.6 is 0 Å². The lowest BCUT2D eigenvalue weighted by Gasteiger charge is -2.24. The first kappa shape index (κ1) is 16.4. The number of hydrogen-bond donors (Lipinski definition) is 1. The van der Waals surface area contributed by atoms with Gasteiger partial charge >= 0.3 is 0 Å². The molecule has 1 saturated heterocycles. The Morgan fingerprint density at radius 3 is 2.47 bits per heavy atom. The van der Waals surface area contributed by atoms with Crippen LogP contribution in [0.1, 0.15) is 19.8 Å². The summed E-state index contributed by atoms with van der Waals surface area (Å²) in [6, 6.07) is -0.632. The van der Waals surface area contributed by atoms with Gasteiger partial charge < -0.3 is 5.32 Å². The third-order valence-electron chi connectivity index (χ3n) is 2.91. The molecule has 0 aliphatic carbocycles. The van der Waals surface area contributed by atoms with E-state index in [0.717, 1.165) is 17.0 Å². The lowest BCUT2D eigenvalue weighted by atomic mass is 10.2. The van der Waals surface area contributed by atoms with Crippen molar-refractivity contribution in [2.45, 2.75) is 25.8 Å². The maximum atomic E-state index is 11.7. The molecular formula is C10H20N2O5S2. The minimum atomic E-state index is -3.61. The van der Waals surface area contributed by atoms with Crippen LogP contribution in [0.2, 0.25) is 0 Å². The molecule has 1 aliphatic heterocycles. The van der Waals surface area contributed by atoms with Crippen molar-refractivity contribution >= 4 is 25.8 Å². The van der Waals surface area contributed by atoms with Gasteiger partial charge in [0.25, 0.3) is 0 Å². The summed E-state index contributed by atoms with van der Waals surface area (Å²) in [5, 5.41) is 2.58. The third kappa shape index (κ3) is 5.07. The number of carbonyl (C=O) groups is 1. The van der Waals surface area contributed by atoms with E-state index in [1.54, 1.807) is 0 Å². The molecule has 1 rings (SSSR count). The molecule has 1 atom stereocenters. The Morgan fingerprint density at radius 2 is 2.05 bits per heavy atom. The van der Waals surface area contributed by atoms with Crippen molar-refractivity contribution in [3.8, 4) is 0 Å². The normalized spacial score (nSPS) is 22.6. The van der Waals surface area contributed by atoms with Gasteiger partial charge in [0.05, 0.1) is 24.3 Å². The molecule has 0 spiro atoms. The molecule has 1 N–H and O–H groups in total. The zero-order chi connectivity index (χ0) is 14.7. The highest BCUT2D eigenvalue weighted by atomic mass is 32.2. The van der Waals surface area contributed by atoms with Gasteiger partial charge in [-0.2, -0.15) is 4.31 Å². The average molecular weight is 312 g/mol. The van der Waals surface area contributed by atoms with Crippen LogP contribution in [0.25, 0.3) is 0 Å². The Morgan fingerprint density at radius 1 is 1.42 bits per heavy atom. The molecule has 9 heteroatoms. The molecule has 0 aromatic carbocycles. The molecule has 0 saturated carbocycles. The number of amides is 1. The summed E-state index contributed by atoms with van der Waals surface area (Å²) in [4.78, 5) is 11.6. The van der Waals surface area contributed by atoms with Gasteiger partial charge in [-0.25, -0.2) is 16.8 Å². The average Bonchev–Trinajstić information content (AvgIpc) is 2.61. The second-order valence-electron chi connectivity index (χ2n) is 4.72. The first-order valence-corrected chi connectivity index (χ1v) is 9.76. The van der Waals surface area contributed by atoms with E-state index in [0.29, 0.717) is 6.54 Å². The summed E-state index contributed by atoms with van der Waals surface area (Å²) in [5.74, 6) is -0.641. The minimum Gasteiger partial charge on any atom is -0.355 e. The highest BCUT2D eigenvalue weighted by Gasteiger charge is 2.37. The maximum Gasteiger partial charge on any atom is 0.235 e. The van der Waals surface area contributed by atoms with Crippen LogP contribution in [0, 0.1) is 0 Å². The Balaban J connectivity index is 2.78. The highest BCUT2D eigenvalue weighted by Crippen LogP contribution is 2.19. The lowest BCUT2D eigenvalue weighted by Crippen LogP contribution is -2.46. The molecule has 1 heterocycles. The van der Waals surface area contributed by atoms with E-state index < -0.39 is 31.8 Å². The summed E-state index contributed by atoms with van der Waals surface area (Å²) >= 11 is 0. The molecule has 1 aliphatic rings. The fourth-order valence-corrected chi connectivity index (χ4v) is 4.88. The fraction of sp³-hybridized carbons (Fsp3) is 0.900. The predicted molar refractivity (Wildman–Crippen MR) is 71.9 cm³/mol. The van der Waals surface area contributed by atoms with E-state index in [1.165, 1.54) is 0 Å². The number of nitrogens with zero attached hydrogens (tertiary/aromatic N) is 1. The second kappa shape index (κ2) is 6.19. The maximum absolute atomic E-state index is 11.7. The van der Waals surface area contributed by atoms with E-state index in [1.807, 2.05) is 6.92 Å². The van der Waals surface area contributed by atoms with Crippen molar-refractivity contribution in [3.05, 3.63) is 0 Å². The van der Waals surface area contributed by atoms with Crippen molar-refractivity contribution in [1.29, 1.82) is 0 Å². The molecule has 1 fully saturated rings. The van der Waals surface area contributed by atoms with Gasteiger partial charge in [-0.05, 0) is 12.8 Å². The van der Waals surface area contributed by atoms with Crippen molar-refractivity contribution < 1.29 is 21.6 Å². The van der Waals surface area contributed by atoms with Crippen LogP contribution in [-0.2, 0) is 24.7 Å². The summed E-state index contributed by atoms with van der Waals surface area (Å²) in [5.41, 5.74) is 0. The Kier molecular flexibility index (Phi) is 5.34. The molecule has 0 bridgehead atoms. The van der Waals surface area contributed by atoms with Gasteiger partial charge in [-0.3, -0.25) is 4.79 Å². The summed E-state index contributed by atoms with van der Waals surface area (Å²) < 4.78 is 47.2. The number of hydrogen-bond acceptors (Lipinski definition) is 5. The Labute approximate surface area is 114 Å².